The molecule has 3 rings (SSSR count). The van der Waals surface area contributed by atoms with E-state index in [1.807, 2.05) is 19.0 Å². The van der Waals surface area contributed by atoms with E-state index in [1.165, 1.54) is 18.3 Å². The minimum atomic E-state index is -0.320. The summed E-state index contributed by atoms with van der Waals surface area (Å²) in [5, 5.41) is 6.10. The van der Waals surface area contributed by atoms with Gasteiger partial charge in [0.25, 0.3) is 5.91 Å². The number of amides is 2. The minimum absolute atomic E-state index is 0.0342. The first kappa shape index (κ1) is 20.9. The van der Waals surface area contributed by atoms with Gasteiger partial charge in [0.1, 0.15) is 5.82 Å². The van der Waals surface area contributed by atoms with Crippen LogP contribution in [0.5, 0.6) is 0 Å². The van der Waals surface area contributed by atoms with Crippen LogP contribution in [0.25, 0.3) is 11.3 Å². The molecule has 0 radical (unpaired) electrons. The summed E-state index contributed by atoms with van der Waals surface area (Å²) < 4.78 is 13.4. The highest BCUT2D eigenvalue weighted by atomic mass is 19.1. The van der Waals surface area contributed by atoms with Crippen molar-refractivity contribution in [3.8, 4) is 11.3 Å². The Morgan fingerprint density at radius 3 is 2.34 bits per heavy atom. The average Bonchev–Trinajstić information content (AvgIpc) is 2.69. The first-order valence-electron chi connectivity index (χ1n) is 9.87. The second-order valence-electron chi connectivity index (χ2n) is 7.77. The smallest absolute Gasteiger partial charge is 0.253 e. The van der Waals surface area contributed by atoms with Crippen molar-refractivity contribution in [3.05, 3.63) is 54.0 Å². The Morgan fingerprint density at radius 2 is 1.76 bits per heavy atom. The van der Waals surface area contributed by atoms with E-state index in [-0.39, 0.29) is 29.7 Å². The first-order chi connectivity index (χ1) is 13.9. The summed E-state index contributed by atoms with van der Waals surface area (Å²) >= 11 is 0. The van der Waals surface area contributed by atoms with Crippen molar-refractivity contribution in [2.24, 2.45) is 0 Å². The normalized spacial score (nSPS) is 19.0. The second kappa shape index (κ2) is 9.60. The fraction of sp³-hybridized carbons (Fsp3) is 0.409. The van der Waals surface area contributed by atoms with Gasteiger partial charge in [-0.2, -0.15) is 0 Å². The van der Waals surface area contributed by atoms with Crippen molar-refractivity contribution in [2.75, 3.05) is 20.6 Å². The largest absolute Gasteiger partial charge is 0.352 e. The lowest BCUT2D eigenvalue weighted by Gasteiger charge is -2.30. The van der Waals surface area contributed by atoms with Crippen LogP contribution in [0.1, 0.15) is 36.0 Å². The fourth-order valence-electron chi connectivity index (χ4n) is 3.56. The molecule has 1 saturated carbocycles. The van der Waals surface area contributed by atoms with Crippen LogP contribution in [0.2, 0.25) is 0 Å². The molecule has 2 aromatic rings. The van der Waals surface area contributed by atoms with E-state index in [0.29, 0.717) is 23.4 Å². The quantitative estimate of drug-likeness (QED) is 0.785. The third kappa shape index (κ3) is 6.09. The lowest BCUT2D eigenvalue weighted by atomic mass is 9.91. The van der Waals surface area contributed by atoms with Crippen LogP contribution >= 0.6 is 0 Å². The first-order valence-corrected chi connectivity index (χ1v) is 9.87. The molecule has 2 N–H and O–H groups in total. The van der Waals surface area contributed by atoms with Gasteiger partial charge in [-0.05, 0) is 64.0 Å². The molecule has 1 heterocycles. The third-order valence-corrected chi connectivity index (χ3v) is 5.03. The Bertz CT molecular complexity index is 846. The van der Waals surface area contributed by atoms with Crippen molar-refractivity contribution in [3.63, 3.8) is 0 Å². The number of nitrogens with one attached hydrogen (secondary N) is 2. The van der Waals surface area contributed by atoms with Crippen LogP contribution < -0.4 is 10.6 Å². The Morgan fingerprint density at radius 1 is 1.07 bits per heavy atom. The lowest BCUT2D eigenvalue weighted by Crippen LogP contribution is -2.45. The van der Waals surface area contributed by atoms with Gasteiger partial charge in [-0.1, -0.05) is 12.1 Å². The monoisotopic (exact) mass is 398 g/mol. The van der Waals surface area contributed by atoms with Crippen molar-refractivity contribution in [2.45, 2.75) is 37.8 Å². The molecule has 1 fully saturated rings. The van der Waals surface area contributed by atoms with Crippen LogP contribution in [0.3, 0.4) is 0 Å². The van der Waals surface area contributed by atoms with E-state index in [0.717, 1.165) is 25.7 Å². The highest BCUT2D eigenvalue weighted by Gasteiger charge is 2.24. The van der Waals surface area contributed by atoms with Gasteiger partial charge in [0.2, 0.25) is 5.91 Å². The second-order valence-corrected chi connectivity index (χ2v) is 7.77. The van der Waals surface area contributed by atoms with Gasteiger partial charge in [-0.25, -0.2) is 4.39 Å². The summed E-state index contributed by atoms with van der Waals surface area (Å²) in [6.45, 7) is 0.384. The number of benzene rings is 1. The number of carbonyl (C=O) groups excluding carboxylic acids is 2. The van der Waals surface area contributed by atoms with Gasteiger partial charge in [-0.3, -0.25) is 14.6 Å². The lowest BCUT2D eigenvalue weighted by molar-refractivity contribution is -0.122. The number of likely N-dealkylation sites (N-methyl/N-ethyl adjacent to an activating group) is 1. The average molecular weight is 398 g/mol. The van der Waals surface area contributed by atoms with E-state index in [4.69, 9.17) is 0 Å². The molecule has 1 aromatic carbocycles. The van der Waals surface area contributed by atoms with Crippen molar-refractivity contribution in [1.82, 2.24) is 20.5 Å². The zero-order chi connectivity index (χ0) is 20.8. The van der Waals surface area contributed by atoms with Crippen LogP contribution in [0.15, 0.2) is 42.6 Å². The molecule has 1 aliphatic carbocycles. The van der Waals surface area contributed by atoms with E-state index >= 15 is 0 Å². The molecule has 0 aliphatic heterocycles. The molecule has 0 saturated heterocycles. The predicted molar refractivity (Wildman–Crippen MR) is 110 cm³/mol. The van der Waals surface area contributed by atoms with E-state index in [1.54, 1.807) is 24.3 Å². The third-order valence-electron chi connectivity index (χ3n) is 5.03. The molecule has 0 atom stereocenters. The summed E-state index contributed by atoms with van der Waals surface area (Å²) in [5.74, 6) is -0.449. The summed E-state index contributed by atoms with van der Waals surface area (Å²) in [6.07, 6.45) is 4.87. The maximum Gasteiger partial charge on any atom is 0.253 e. The molecule has 2 amide bonds. The fourth-order valence-corrected chi connectivity index (χ4v) is 3.56. The molecule has 154 valence electrons. The summed E-state index contributed by atoms with van der Waals surface area (Å²) in [7, 11) is 3.73. The maximum atomic E-state index is 13.4. The van der Waals surface area contributed by atoms with E-state index in [2.05, 4.69) is 15.6 Å². The molecule has 0 bridgehead atoms. The van der Waals surface area contributed by atoms with Crippen molar-refractivity contribution in [1.29, 1.82) is 0 Å². The minimum Gasteiger partial charge on any atom is -0.352 e. The molecule has 29 heavy (non-hydrogen) atoms. The molecule has 1 aromatic heterocycles. The molecule has 1 aliphatic rings. The van der Waals surface area contributed by atoms with Gasteiger partial charge >= 0.3 is 0 Å². The molecular weight excluding hydrogens is 371 g/mol. The highest BCUT2D eigenvalue weighted by molar-refractivity contribution is 5.94. The Balaban J connectivity index is 1.49. The van der Waals surface area contributed by atoms with Gasteiger partial charge in [0.15, 0.2) is 0 Å². The highest BCUT2D eigenvalue weighted by Crippen LogP contribution is 2.20. The van der Waals surface area contributed by atoms with Crippen molar-refractivity contribution < 1.29 is 14.0 Å². The van der Waals surface area contributed by atoms with Crippen LogP contribution in [0, 0.1) is 5.82 Å². The zero-order valence-corrected chi connectivity index (χ0v) is 16.8. The summed E-state index contributed by atoms with van der Waals surface area (Å²) in [5.41, 5.74) is 1.77. The molecule has 6 nitrogen and oxygen atoms in total. The number of carbonyl (C=O) groups is 2. The SMILES string of the molecule is CN(C)CC(=O)N[C@H]1CC[C@@H](NC(=O)c2ccc(-c3cccc(F)c3)nc2)CC1. The molecule has 0 spiro atoms. The molecule has 7 heteroatoms. The number of pyridine rings is 1. The number of rotatable bonds is 6. The Kier molecular flexibility index (Phi) is 6.93. The number of nitrogens with zero attached hydrogens (tertiary/aromatic N) is 2. The zero-order valence-electron chi connectivity index (χ0n) is 16.8. The van der Waals surface area contributed by atoms with Gasteiger partial charge in [0.05, 0.1) is 17.8 Å². The van der Waals surface area contributed by atoms with Crippen LogP contribution in [-0.2, 0) is 4.79 Å². The van der Waals surface area contributed by atoms with Crippen molar-refractivity contribution >= 4 is 11.8 Å². The number of hydrogen-bond acceptors (Lipinski definition) is 4. The topological polar surface area (TPSA) is 74.3 Å². The maximum absolute atomic E-state index is 13.4. The van der Waals surface area contributed by atoms with Gasteiger partial charge in [0, 0.05) is 23.8 Å². The van der Waals surface area contributed by atoms with Gasteiger partial charge < -0.3 is 15.5 Å². The molecule has 0 unspecified atom stereocenters. The predicted octanol–water partition coefficient (Wildman–Crippen LogP) is 2.61. The standard InChI is InChI=1S/C22H27FN4O2/c1-27(2)14-21(28)25-18-7-9-19(10-8-18)26-22(29)16-6-11-20(24-13-16)15-4-3-5-17(23)12-15/h3-6,11-13,18-19H,7-10,14H2,1-2H3,(H,25,28)(H,26,29)/t18-,19+. The number of aromatic nitrogens is 1. The summed E-state index contributed by atoms with van der Waals surface area (Å²) in [6, 6.07) is 9.89. The van der Waals surface area contributed by atoms with Crippen LogP contribution in [-0.4, -0.2) is 54.4 Å². The molecular formula is C22H27FN4O2. The van der Waals surface area contributed by atoms with Gasteiger partial charge in [-0.15, -0.1) is 0 Å². The summed E-state index contributed by atoms with van der Waals surface area (Å²) in [4.78, 5) is 30.5. The van der Waals surface area contributed by atoms with Crippen LogP contribution in [0.4, 0.5) is 4.39 Å². The Labute approximate surface area is 170 Å². The number of halogens is 1. The number of hydrogen-bond donors (Lipinski definition) is 2. The van der Waals surface area contributed by atoms with E-state index in [9.17, 15) is 14.0 Å². The van der Waals surface area contributed by atoms with E-state index < -0.39 is 0 Å². The Hall–Kier alpha value is -2.80.